The van der Waals surface area contributed by atoms with Crippen molar-refractivity contribution < 1.29 is 9.53 Å². The van der Waals surface area contributed by atoms with Gasteiger partial charge in [-0.15, -0.1) is 0 Å². The number of benzene rings is 4. The number of hydrogen-bond acceptors (Lipinski definition) is 9. The highest BCUT2D eigenvalue weighted by Gasteiger charge is 2.55. The number of nitrogens with zero attached hydrogens (tertiary/aromatic N) is 5. The molecule has 0 amide bonds. The van der Waals surface area contributed by atoms with E-state index in [0.29, 0.717) is 18.1 Å². The summed E-state index contributed by atoms with van der Waals surface area (Å²) in [7, 11) is 2.17. The number of anilines is 3. The van der Waals surface area contributed by atoms with Crippen LogP contribution in [0.3, 0.4) is 0 Å². The van der Waals surface area contributed by atoms with Crippen molar-refractivity contribution in [3.05, 3.63) is 161 Å². The number of carbonyl (C=O) groups excluding carboxylic acids is 1. The summed E-state index contributed by atoms with van der Waals surface area (Å²) < 4.78 is 5.92. The van der Waals surface area contributed by atoms with E-state index >= 15 is 0 Å². The number of piperazine rings is 1. The highest BCUT2D eigenvalue weighted by molar-refractivity contribution is 5.91. The van der Waals surface area contributed by atoms with Crippen molar-refractivity contribution >= 4 is 23.3 Å². The third kappa shape index (κ3) is 6.23. The fourth-order valence-corrected chi connectivity index (χ4v) is 8.40. The van der Waals surface area contributed by atoms with Gasteiger partial charge in [0.05, 0.1) is 18.3 Å². The molecule has 1 aliphatic carbocycles. The zero-order valence-corrected chi connectivity index (χ0v) is 30.9. The van der Waals surface area contributed by atoms with Crippen molar-refractivity contribution in [2.24, 2.45) is 5.41 Å². The highest BCUT2D eigenvalue weighted by Crippen LogP contribution is 2.54. The second-order valence-corrected chi connectivity index (χ2v) is 14.8. The quantitative estimate of drug-likeness (QED) is 0.122. The van der Waals surface area contributed by atoms with Crippen molar-refractivity contribution in [2.75, 3.05) is 50.1 Å². The first-order valence-electron chi connectivity index (χ1n) is 18.6. The summed E-state index contributed by atoms with van der Waals surface area (Å²) in [6.45, 7) is 10.7. The number of hydrogen-bond donors (Lipinski definition) is 2. The summed E-state index contributed by atoms with van der Waals surface area (Å²) in [5, 5.41) is 5.54. The van der Waals surface area contributed by atoms with Gasteiger partial charge in [0.25, 0.3) is 0 Å². The molecule has 3 heterocycles. The Balaban J connectivity index is 1.25. The molecule has 5 aromatic rings. The Kier molecular flexibility index (Phi) is 9.22. The van der Waals surface area contributed by atoms with Gasteiger partial charge >= 0.3 is 5.97 Å². The Morgan fingerprint density at radius 1 is 0.849 bits per heavy atom. The average molecular weight is 706 g/mol. The summed E-state index contributed by atoms with van der Waals surface area (Å²) in [4.78, 5) is 29.3. The van der Waals surface area contributed by atoms with Crippen LogP contribution in [0.1, 0.15) is 54.8 Å². The molecule has 1 fully saturated rings. The topological polar surface area (TPSA) is 85.9 Å². The van der Waals surface area contributed by atoms with Gasteiger partial charge in [-0.05, 0) is 77.9 Å². The van der Waals surface area contributed by atoms with Crippen molar-refractivity contribution in [1.82, 2.24) is 25.3 Å². The number of esters is 1. The van der Waals surface area contributed by atoms with E-state index in [2.05, 4.69) is 144 Å². The molecular formula is C44H47N7O2. The second kappa shape index (κ2) is 14.1. The SMILES string of the molecule is CCOC(=O)C1=C2C(NN1C(c1ccccc1)(c1ccccc1)c1ccccc1)c1nc(Nc3ccc(N4CCN(C)CC4)cc3)ncc1CC2(C)C. The fraction of sp³-hybridized carbons (Fsp3) is 0.295. The Morgan fingerprint density at radius 3 is 1.96 bits per heavy atom. The van der Waals surface area contributed by atoms with Crippen molar-refractivity contribution in [1.29, 1.82) is 0 Å². The summed E-state index contributed by atoms with van der Waals surface area (Å²) in [6, 6.07) is 39.3. The maximum Gasteiger partial charge on any atom is 0.356 e. The number of ether oxygens (including phenoxy) is 1. The monoisotopic (exact) mass is 705 g/mol. The van der Waals surface area contributed by atoms with E-state index in [9.17, 15) is 4.79 Å². The van der Waals surface area contributed by atoms with Gasteiger partial charge in [-0.25, -0.2) is 20.2 Å². The van der Waals surface area contributed by atoms with Gasteiger partial charge in [0.15, 0.2) is 0 Å². The largest absolute Gasteiger partial charge is 0.461 e. The van der Waals surface area contributed by atoms with Crippen LogP contribution in [0.15, 0.2) is 133 Å². The van der Waals surface area contributed by atoms with Gasteiger partial charge in [0.1, 0.15) is 11.2 Å². The predicted octanol–water partition coefficient (Wildman–Crippen LogP) is 7.22. The lowest BCUT2D eigenvalue weighted by Crippen LogP contribution is -2.53. The van der Waals surface area contributed by atoms with E-state index in [1.165, 1.54) is 5.69 Å². The number of aromatic nitrogens is 2. The summed E-state index contributed by atoms with van der Waals surface area (Å²) in [5.74, 6) is 0.141. The van der Waals surface area contributed by atoms with Gasteiger partial charge < -0.3 is 19.9 Å². The van der Waals surface area contributed by atoms with E-state index in [1.807, 2.05) is 31.3 Å². The van der Waals surface area contributed by atoms with Crippen LogP contribution in [0.5, 0.6) is 0 Å². The number of likely N-dealkylation sites (N-methyl/N-ethyl adjacent to an activating group) is 1. The maximum absolute atomic E-state index is 14.5. The average Bonchev–Trinajstić information content (AvgIpc) is 3.60. The molecule has 270 valence electrons. The molecule has 2 N–H and O–H groups in total. The van der Waals surface area contributed by atoms with E-state index < -0.39 is 17.0 Å². The zero-order valence-electron chi connectivity index (χ0n) is 30.9. The minimum Gasteiger partial charge on any atom is -0.461 e. The van der Waals surface area contributed by atoms with Crippen LogP contribution in [-0.2, 0) is 21.5 Å². The zero-order chi connectivity index (χ0) is 36.6. The first-order valence-corrected chi connectivity index (χ1v) is 18.6. The fourth-order valence-electron chi connectivity index (χ4n) is 8.40. The molecule has 0 spiro atoms. The van der Waals surface area contributed by atoms with Gasteiger partial charge in [-0.2, -0.15) is 0 Å². The molecule has 1 aromatic heterocycles. The van der Waals surface area contributed by atoms with Crippen molar-refractivity contribution in [2.45, 2.75) is 38.8 Å². The molecule has 9 nitrogen and oxygen atoms in total. The molecule has 9 heteroatoms. The van der Waals surface area contributed by atoms with E-state index in [0.717, 1.165) is 65.4 Å². The summed E-state index contributed by atoms with van der Waals surface area (Å²) in [6.07, 6.45) is 2.61. The number of carbonyl (C=O) groups is 1. The molecule has 1 saturated heterocycles. The lowest BCUT2D eigenvalue weighted by atomic mass is 9.69. The molecule has 1 atom stereocenters. The Morgan fingerprint density at radius 2 is 1.42 bits per heavy atom. The minimum absolute atomic E-state index is 0.254. The normalized spacial score (nSPS) is 18.4. The molecule has 2 aliphatic heterocycles. The number of rotatable bonds is 9. The molecule has 3 aliphatic rings. The number of hydrazine groups is 1. The third-order valence-corrected chi connectivity index (χ3v) is 10.9. The molecule has 0 saturated carbocycles. The predicted molar refractivity (Wildman–Crippen MR) is 210 cm³/mol. The molecule has 4 aromatic carbocycles. The van der Waals surface area contributed by atoms with Crippen LogP contribution in [-0.4, -0.2) is 65.7 Å². The Hall–Kier alpha value is -5.51. The maximum atomic E-state index is 14.5. The Labute approximate surface area is 312 Å². The van der Waals surface area contributed by atoms with Crippen LogP contribution in [0.25, 0.3) is 0 Å². The standard InChI is InChI=1S/C44H47N7O2/c1-5-53-41(52)40-37-39(48-51(40)44(32-15-9-6-10-16-32,33-17-11-7-12-18-33)34-19-13-8-14-20-34)38-31(29-43(37,2)3)30-45-42(47-38)46-35-21-23-36(24-22-35)50-27-25-49(4)26-28-50/h6-24,30,39,48H,5,25-29H2,1-4H3,(H,45,46,47). The van der Waals surface area contributed by atoms with E-state index in [4.69, 9.17) is 14.7 Å². The van der Waals surface area contributed by atoms with Crippen LogP contribution in [0, 0.1) is 5.41 Å². The van der Waals surface area contributed by atoms with Crippen LogP contribution < -0.4 is 15.6 Å². The number of nitrogens with one attached hydrogen (secondary N) is 2. The van der Waals surface area contributed by atoms with E-state index in [-0.39, 0.29) is 12.6 Å². The molecule has 0 bridgehead atoms. The summed E-state index contributed by atoms with van der Waals surface area (Å²) in [5.41, 5.74) is 11.0. The van der Waals surface area contributed by atoms with Gasteiger partial charge in [0.2, 0.25) is 5.95 Å². The Bertz CT molecular complexity index is 2000. The van der Waals surface area contributed by atoms with Crippen LogP contribution in [0.2, 0.25) is 0 Å². The lowest BCUT2D eigenvalue weighted by molar-refractivity contribution is -0.141. The van der Waals surface area contributed by atoms with Gasteiger partial charge in [0, 0.05) is 43.8 Å². The third-order valence-electron chi connectivity index (χ3n) is 10.9. The van der Waals surface area contributed by atoms with Crippen molar-refractivity contribution in [3.63, 3.8) is 0 Å². The van der Waals surface area contributed by atoms with E-state index in [1.54, 1.807) is 0 Å². The second-order valence-electron chi connectivity index (χ2n) is 14.8. The molecular weight excluding hydrogens is 659 g/mol. The molecule has 1 unspecified atom stereocenters. The van der Waals surface area contributed by atoms with Crippen molar-refractivity contribution in [3.8, 4) is 0 Å². The molecule has 53 heavy (non-hydrogen) atoms. The highest BCUT2D eigenvalue weighted by atomic mass is 16.5. The summed E-state index contributed by atoms with van der Waals surface area (Å²) >= 11 is 0. The minimum atomic E-state index is -0.952. The van der Waals surface area contributed by atoms with Gasteiger partial charge in [-0.3, -0.25) is 5.01 Å². The molecule has 0 radical (unpaired) electrons. The first kappa shape index (κ1) is 34.6. The lowest BCUT2D eigenvalue weighted by Gasteiger charge is -2.45. The number of fused-ring (bicyclic) bond motifs is 3. The smallest absolute Gasteiger partial charge is 0.356 e. The molecule has 8 rings (SSSR count). The van der Waals surface area contributed by atoms with Gasteiger partial charge in [-0.1, -0.05) is 105 Å². The first-order chi connectivity index (χ1) is 25.8. The van der Waals surface area contributed by atoms with Crippen LogP contribution >= 0.6 is 0 Å². The van der Waals surface area contributed by atoms with Crippen LogP contribution in [0.4, 0.5) is 17.3 Å².